The Balaban J connectivity index is 4.38. The molecule has 358 valence electrons. The molecule has 0 aromatic rings. The summed E-state index contributed by atoms with van der Waals surface area (Å²) in [5, 5.41) is 0. The summed E-state index contributed by atoms with van der Waals surface area (Å²) in [6, 6.07) is 0. The van der Waals surface area contributed by atoms with Gasteiger partial charge in [0.1, 0.15) is 13.2 Å². The third-order valence-electron chi connectivity index (χ3n) is 11.3. The molecule has 0 aromatic heterocycles. The Bertz CT molecular complexity index is 1130. The second-order valence-corrected chi connectivity index (χ2v) is 17.5. The molecule has 0 saturated heterocycles. The Morgan fingerprint density at radius 2 is 0.613 bits per heavy atom. The minimum absolute atomic E-state index is 0.0865. The first-order chi connectivity index (χ1) is 30.5. The number of hydrogen-bond acceptors (Lipinski definition) is 6. The molecule has 0 bridgehead atoms. The standard InChI is InChI=1S/C56H98O6/c1-4-7-10-13-16-19-22-24-26-28-29-31-32-34-37-40-43-46-49-55(58)61-52-53(51-60-54(57)48-45-42-39-36-21-18-15-12-9-6-3)62-56(59)50-47-44-41-38-35-33-30-27-25-23-20-17-14-11-8-5-2/h15-16,18-19,22,24,26,28-29,31,53H,4-14,17,20-21,23,25,27,30,32-52H2,1-3H3/b18-15-,19-16-,24-22-,28-26-,31-29-. The van der Waals surface area contributed by atoms with Gasteiger partial charge < -0.3 is 14.2 Å². The number of carbonyl (C=O) groups is 3. The average molecular weight is 867 g/mol. The highest BCUT2D eigenvalue weighted by Crippen LogP contribution is 2.15. The van der Waals surface area contributed by atoms with E-state index in [2.05, 4.69) is 81.5 Å². The van der Waals surface area contributed by atoms with Gasteiger partial charge in [0.2, 0.25) is 0 Å². The number of rotatable bonds is 47. The zero-order valence-corrected chi connectivity index (χ0v) is 40.9. The van der Waals surface area contributed by atoms with Gasteiger partial charge in [-0.2, -0.15) is 0 Å². The van der Waals surface area contributed by atoms with Gasteiger partial charge in [-0.25, -0.2) is 0 Å². The number of ether oxygens (including phenoxy) is 3. The Morgan fingerprint density at radius 3 is 1.03 bits per heavy atom. The normalized spacial score (nSPS) is 12.5. The van der Waals surface area contributed by atoms with Gasteiger partial charge in [0, 0.05) is 19.3 Å². The van der Waals surface area contributed by atoms with Crippen molar-refractivity contribution in [3.8, 4) is 0 Å². The lowest BCUT2D eigenvalue weighted by Crippen LogP contribution is -2.30. The molecule has 62 heavy (non-hydrogen) atoms. The zero-order chi connectivity index (χ0) is 45.1. The molecule has 1 unspecified atom stereocenters. The molecule has 0 spiro atoms. The molecular formula is C56H98O6. The van der Waals surface area contributed by atoms with Gasteiger partial charge in [0.25, 0.3) is 0 Å². The lowest BCUT2D eigenvalue weighted by molar-refractivity contribution is -0.167. The highest BCUT2D eigenvalue weighted by molar-refractivity contribution is 5.71. The summed E-state index contributed by atoms with van der Waals surface area (Å²) in [5.41, 5.74) is 0. The molecule has 1 atom stereocenters. The molecular weight excluding hydrogens is 769 g/mol. The number of allylic oxidation sites excluding steroid dienone is 10. The van der Waals surface area contributed by atoms with E-state index in [4.69, 9.17) is 14.2 Å². The topological polar surface area (TPSA) is 78.9 Å². The Hall–Kier alpha value is -2.89. The van der Waals surface area contributed by atoms with Crippen molar-refractivity contribution in [2.24, 2.45) is 0 Å². The molecule has 0 rings (SSSR count). The van der Waals surface area contributed by atoms with Gasteiger partial charge in [-0.1, -0.05) is 236 Å². The van der Waals surface area contributed by atoms with Crippen molar-refractivity contribution >= 4 is 17.9 Å². The Morgan fingerprint density at radius 1 is 0.323 bits per heavy atom. The van der Waals surface area contributed by atoms with Crippen molar-refractivity contribution in [3.63, 3.8) is 0 Å². The van der Waals surface area contributed by atoms with Crippen molar-refractivity contribution < 1.29 is 28.6 Å². The van der Waals surface area contributed by atoms with E-state index >= 15 is 0 Å². The van der Waals surface area contributed by atoms with Crippen LogP contribution in [0.15, 0.2) is 60.8 Å². The van der Waals surface area contributed by atoms with E-state index in [0.29, 0.717) is 19.3 Å². The average Bonchev–Trinajstić information content (AvgIpc) is 3.27. The molecule has 0 aliphatic carbocycles. The minimum atomic E-state index is -0.785. The van der Waals surface area contributed by atoms with E-state index in [1.54, 1.807) is 0 Å². The quantitative estimate of drug-likeness (QED) is 0.0199. The highest BCUT2D eigenvalue weighted by Gasteiger charge is 2.19. The van der Waals surface area contributed by atoms with Crippen molar-refractivity contribution in [1.82, 2.24) is 0 Å². The minimum Gasteiger partial charge on any atom is -0.462 e. The lowest BCUT2D eigenvalue weighted by Gasteiger charge is -2.18. The van der Waals surface area contributed by atoms with E-state index in [9.17, 15) is 14.4 Å². The summed E-state index contributed by atoms with van der Waals surface area (Å²) in [6.45, 7) is 6.54. The van der Waals surface area contributed by atoms with Gasteiger partial charge >= 0.3 is 17.9 Å². The summed E-state index contributed by atoms with van der Waals surface area (Å²) in [4.78, 5) is 37.9. The first kappa shape index (κ1) is 59.1. The first-order valence-electron chi connectivity index (χ1n) is 26.3. The highest BCUT2D eigenvalue weighted by atomic mass is 16.6. The van der Waals surface area contributed by atoms with Crippen LogP contribution >= 0.6 is 0 Å². The number of esters is 3. The fraction of sp³-hybridized carbons (Fsp3) is 0.768. The maximum atomic E-state index is 12.8. The number of carbonyl (C=O) groups excluding carboxylic acids is 3. The summed E-state index contributed by atoms with van der Waals surface area (Å²) < 4.78 is 16.8. The van der Waals surface area contributed by atoms with Gasteiger partial charge in [-0.05, 0) is 64.2 Å². The van der Waals surface area contributed by atoms with Gasteiger partial charge in [-0.3, -0.25) is 14.4 Å². The predicted molar refractivity (Wildman–Crippen MR) is 265 cm³/mol. The SMILES string of the molecule is CCCC/C=C\CCCCCCC(=O)OCC(COC(=O)CCCCCCC\C=C/C=C\C=C/C=C\CCCCC)OC(=O)CCCCCCCCCCCCCCCCCC. The number of hydrogen-bond donors (Lipinski definition) is 0. The lowest BCUT2D eigenvalue weighted by atomic mass is 10.0. The molecule has 0 aromatic carbocycles. The van der Waals surface area contributed by atoms with Crippen LogP contribution in [-0.4, -0.2) is 37.2 Å². The summed E-state index contributed by atoms with van der Waals surface area (Å²) >= 11 is 0. The smallest absolute Gasteiger partial charge is 0.306 e. The maximum absolute atomic E-state index is 12.8. The Labute approximate surface area is 383 Å². The zero-order valence-electron chi connectivity index (χ0n) is 40.9. The van der Waals surface area contributed by atoms with Crippen LogP contribution < -0.4 is 0 Å². The third kappa shape index (κ3) is 48.1. The van der Waals surface area contributed by atoms with Crippen LogP contribution in [0.25, 0.3) is 0 Å². The van der Waals surface area contributed by atoms with Crippen molar-refractivity contribution in [3.05, 3.63) is 60.8 Å². The van der Waals surface area contributed by atoms with Crippen LogP contribution in [0.3, 0.4) is 0 Å². The maximum Gasteiger partial charge on any atom is 0.306 e. The van der Waals surface area contributed by atoms with Gasteiger partial charge in [0.15, 0.2) is 6.10 Å². The molecule has 0 amide bonds. The van der Waals surface area contributed by atoms with E-state index in [-0.39, 0.29) is 31.1 Å². The van der Waals surface area contributed by atoms with Crippen molar-refractivity contribution in [1.29, 1.82) is 0 Å². The molecule has 0 aliphatic heterocycles. The summed E-state index contributed by atoms with van der Waals surface area (Å²) in [6.07, 6.45) is 62.0. The van der Waals surface area contributed by atoms with E-state index in [0.717, 1.165) is 103 Å². The van der Waals surface area contributed by atoms with E-state index in [1.807, 2.05) is 0 Å². The second kappa shape index (κ2) is 50.8. The molecule has 0 heterocycles. The largest absolute Gasteiger partial charge is 0.462 e. The molecule has 6 nitrogen and oxygen atoms in total. The van der Waals surface area contributed by atoms with Crippen LogP contribution in [0.4, 0.5) is 0 Å². The van der Waals surface area contributed by atoms with Gasteiger partial charge in [0.05, 0.1) is 0 Å². The van der Waals surface area contributed by atoms with Gasteiger partial charge in [-0.15, -0.1) is 0 Å². The fourth-order valence-corrected chi connectivity index (χ4v) is 7.32. The van der Waals surface area contributed by atoms with Crippen molar-refractivity contribution in [2.45, 2.75) is 264 Å². The molecule has 0 radical (unpaired) electrons. The monoisotopic (exact) mass is 867 g/mol. The number of unbranched alkanes of at least 4 members (excludes halogenated alkanes) is 29. The van der Waals surface area contributed by atoms with Crippen LogP contribution in [0.2, 0.25) is 0 Å². The first-order valence-corrected chi connectivity index (χ1v) is 26.3. The van der Waals surface area contributed by atoms with Crippen molar-refractivity contribution in [2.75, 3.05) is 13.2 Å². The van der Waals surface area contributed by atoms with Crippen LogP contribution in [0, 0.1) is 0 Å². The van der Waals surface area contributed by atoms with E-state index in [1.165, 1.54) is 116 Å². The summed E-state index contributed by atoms with van der Waals surface area (Å²) in [7, 11) is 0. The summed E-state index contributed by atoms with van der Waals surface area (Å²) in [5.74, 6) is -0.916. The van der Waals surface area contributed by atoms with Crippen LogP contribution in [0.1, 0.15) is 258 Å². The molecule has 6 heteroatoms. The second-order valence-electron chi connectivity index (χ2n) is 17.5. The molecule has 0 saturated carbocycles. The fourth-order valence-electron chi connectivity index (χ4n) is 7.32. The predicted octanol–water partition coefficient (Wildman–Crippen LogP) is 17.3. The van der Waals surface area contributed by atoms with E-state index < -0.39 is 6.10 Å². The Kier molecular flexibility index (Phi) is 48.4. The molecule has 0 N–H and O–H groups in total. The third-order valence-corrected chi connectivity index (χ3v) is 11.3. The van der Waals surface area contributed by atoms with Crippen LogP contribution in [-0.2, 0) is 28.6 Å². The molecule has 0 aliphatic rings. The molecule has 0 fully saturated rings. The van der Waals surface area contributed by atoms with Crippen LogP contribution in [0.5, 0.6) is 0 Å².